The first-order chi connectivity index (χ1) is 8.69. The van der Waals surface area contributed by atoms with Gasteiger partial charge in [-0.25, -0.2) is 0 Å². The van der Waals surface area contributed by atoms with Gasteiger partial charge < -0.3 is 14.7 Å². The van der Waals surface area contributed by atoms with Gasteiger partial charge in [-0.3, -0.25) is 9.69 Å². The first kappa shape index (κ1) is 14.9. The van der Waals surface area contributed by atoms with Crippen LogP contribution in [0.2, 0.25) is 0 Å². The molecule has 6 heteroatoms. The van der Waals surface area contributed by atoms with Gasteiger partial charge in [0.15, 0.2) is 0 Å². The van der Waals surface area contributed by atoms with Gasteiger partial charge in [-0.05, 0) is 0 Å². The smallest absolute Gasteiger partial charge is 0.223 e. The summed E-state index contributed by atoms with van der Waals surface area (Å²) < 4.78 is 5.28. The highest BCUT2D eigenvalue weighted by Crippen LogP contribution is 2.07. The molecule has 18 heavy (non-hydrogen) atoms. The number of carbonyl (C=O) groups is 1. The Hall–Kier alpha value is -1.16. The van der Waals surface area contributed by atoms with Gasteiger partial charge in [-0.15, -0.1) is 0 Å². The second-order valence-electron chi connectivity index (χ2n) is 4.42. The minimum atomic E-state index is -0.00374. The van der Waals surface area contributed by atoms with E-state index in [9.17, 15) is 9.90 Å². The molecule has 0 bridgehead atoms. The lowest BCUT2D eigenvalue weighted by Crippen LogP contribution is -2.48. The lowest BCUT2D eigenvalue weighted by Gasteiger charge is -2.34. The first-order valence-electron chi connectivity index (χ1n) is 6.22. The maximum Gasteiger partial charge on any atom is 0.223 e. The van der Waals surface area contributed by atoms with Gasteiger partial charge in [0.05, 0.1) is 38.4 Å². The Kier molecular flexibility index (Phi) is 6.65. The molecule has 1 atom stereocenters. The summed E-state index contributed by atoms with van der Waals surface area (Å²) in [5, 5.41) is 17.7. The number of aliphatic hydroxyl groups excluding tert-OH is 1. The predicted octanol–water partition coefficient (Wildman–Crippen LogP) is -0.558. The molecule has 0 saturated carbocycles. The van der Waals surface area contributed by atoms with Crippen LogP contribution in [0.3, 0.4) is 0 Å². The molecule has 1 rings (SSSR count). The molecular weight excluding hydrogens is 234 g/mol. The fourth-order valence-corrected chi connectivity index (χ4v) is 1.92. The summed E-state index contributed by atoms with van der Waals surface area (Å²) in [6.45, 7) is 3.08. The van der Waals surface area contributed by atoms with Crippen molar-refractivity contribution in [2.45, 2.75) is 18.9 Å². The van der Waals surface area contributed by atoms with Crippen LogP contribution in [0.1, 0.15) is 12.8 Å². The molecular formula is C12H21N3O3. The van der Waals surface area contributed by atoms with Crippen molar-refractivity contribution in [2.75, 3.05) is 46.5 Å². The van der Waals surface area contributed by atoms with Crippen molar-refractivity contribution in [3.63, 3.8) is 0 Å². The normalized spacial score (nSPS) is 20.4. The minimum Gasteiger partial charge on any atom is -0.395 e. The zero-order chi connectivity index (χ0) is 13.4. The lowest BCUT2D eigenvalue weighted by molar-refractivity contribution is -0.130. The van der Waals surface area contributed by atoms with Crippen molar-refractivity contribution < 1.29 is 14.6 Å². The number of hydrogen-bond acceptors (Lipinski definition) is 5. The fraction of sp³-hybridized carbons (Fsp3) is 0.833. The Morgan fingerprint density at radius 1 is 1.67 bits per heavy atom. The van der Waals surface area contributed by atoms with E-state index in [2.05, 4.69) is 4.90 Å². The molecule has 1 amide bonds. The Morgan fingerprint density at radius 3 is 3.11 bits per heavy atom. The topological polar surface area (TPSA) is 76.8 Å². The second-order valence-corrected chi connectivity index (χ2v) is 4.42. The molecule has 0 radical (unpaired) electrons. The van der Waals surface area contributed by atoms with Crippen LogP contribution in [0.15, 0.2) is 0 Å². The highest BCUT2D eigenvalue weighted by atomic mass is 16.5. The lowest BCUT2D eigenvalue weighted by atomic mass is 10.2. The Labute approximate surface area is 108 Å². The molecule has 0 aromatic rings. The number of ether oxygens (including phenoxy) is 1. The van der Waals surface area contributed by atoms with E-state index in [1.165, 1.54) is 0 Å². The summed E-state index contributed by atoms with van der Waals surface area (Å²) in [7, 11) is 1.71. The highest BCUT2D eigenvalue weighted by molar-refractivity contribution is 5.76. The van der Waals surface area contributed by atoms with Crippen LogP contribution in [-0.2, 0) is 9.53 Å². The molecule has 1 saturated heterocycles. The van der Waals surface area contributed by atoms with E-state index in [0.717, 1.165) is 6.54 Å². The van der Waals surface area contributed by atoms with E-state index >= 15 is 0 Å². The molecule has 1 fully saturated rings. The van der Waals surface area contributed by atoms with Gasteiger partial charge in [0.2, 0.25) is 5.91 Å². The van der Waals surface area contributed by atoms with Crippen molar-refractivity contribution in [1.29, 1.82) is 5.26 Å². The number of aliphatic hydroxyl groups is 1. The van der Waals surface area contributed by atoms with Crippen LogP contribution in [0.5, 0.6) is 0 Å². The molecule has 1 heterocycles. The summed E-state index contributed by atoms with van der Waals surface area (Å²) in [5.74, 6) is 0.0356. The number of carbonyl (C=O) groups excluding carboxylic acids is 1. The molecule has 6 nitrogen and oxygen atoms in total. The van der Waals surface area contributed by atoms with E-state index in [1.54, 1.807) is 11.9 Å². The van der Waals surface area contributed by atoms with Crippen molar-refractivity contribution >= 4 is 5.91 Å². The van der Waals surface area contributed by atoms with Gasteiger partial charge >= 0.3 is 0 Å². The zero-order valence-electron chi connectivity index (χ0n) is 10.8. The number of rotatable bonds is 6. The molecule has 1 aliphatic heterocycles. The summed E-state index contributed by atoms with van der Waals surface area (Å²) in [5.41, 5.74) is 0. The third kappa shape index (κ3) is 4.61. The number of amides is 1. The van der Waals surface area contributed by atoms with E-state index in [-0.39, 0.29) is 18.6 Å². The SMILES string of the molecule is CN(CCC#N)C(=O)CCN1CCOCC1CO. The van der Waals surface area contributed by atoms with E-state index in [1.807, 2.05) is 6.07 Å². The third-order valence-electron chi connectivity index (χ3n) is 3.16. The molecule has 102 valence electrons. The molecule has 1 N–H and O–H groups in total. The van der Waals surface area contributed by atoms with Crippen molar-refractivity contribution in [2.24, 2.45) is 0 Å². The largest absolute Gasteiger partial charge is 0.395 e. The van der Waals surface area contributed by atoms with Gasteiger partial charge in [-0.1, -0.05) is 0 Å². The van der Waals surface area contributed by atoms with Crippen molar-refractivity contribution in [1.82, 2.24) is 9.80 Å². The van der Waals surface area contributed by atoms with E-state index < -0.39 is 0 Å². The van der Waals surface area contributed by atoms with E-state index in [4.69, 9.17) is 10.00 Å². The molecule has 0 spiro atoms. The second kappa shape index (κ2) is 8.03. The van der Waals surface area contributed by atoms with Crippen LogP contribution in [0.4, 0.5) is 0 Å². The van der Waals surface area contributed by atoms with E-state index in [0.29, 0.717) is 39.1 Å². The van der Waals surface area contributed by atoms with Crippen LogP contribution in [0.25, 0.3) is 0 Å². The Balaban J connectivity index is 2.30. The third-order valence-corrected chi connectivity index (χ3v) is 3.16. The Morgan fingerprint density at radius 2 is 2.44 bits per heavy atom. The fourth-order valence-electron chi connectivity index (χ4n) is 1.92. The number of nitrogens with zero attached hydrogens (tertiary/aromatic N) is 3. The summed E-state index contributed by atoms with van der Waals surface area (Å²) in [4.78, 5) is 15.4. The number of hydrogen-bond donors (Lipinski definition) is 1. The maximum atomic E-state index is 11.8. The summed E-state index contributed by atoms with van der Waals surface area (Å²) in [6.07, 6.45) is 0.775. The molecule has 0 aromatic carbocycles. The minimum absolute atomic E-state index is 0.00374. The molecule has 0 aliphatic carbocycles. The standard InChI is InChI=1S/C12H21N3O3/c1-14(5-2-4-13)12(17)3-6-15-7-8-18-10-11(15)9-16/h11,16H,2-3,5-10H2,1H3. The summed E-state index contributed by atoms with van der Waals surface area (Å²) in [6, 6.07) is 2.02. The van der Waals surface area contributed by atoms with Gasteiger partial charge in [0, 0.05) is 33.1 Å². The van der Waals surface area contributed by atoms with Crippen LogP contribution in [-0.4, -0.2) is 73.4 Å². The molecule has 1 aliphatic rings. The number of nitriles is 1. The predicted molar refractivity (Wildman–Crippen MR) is 65.7 cm³/mol. The van der Waals surface area contributed by atoms with Crippen molar-refractivity contribution in [3.8, 4) is 6.07 Å². The average molecular weight is 255 g/mol. The van der Waals surface area contributed by atoms with Gasteiger partial charge in [-0.2, -0.15) is 5.26 Å². The summed E-state index contributed by atoms with van der Waals surface area (Å²) >= 11 is 0. The molecule has 1 unspecified atom stereocenters. The van der Waals surface area contributed by atoms with Crippen LogP contribution < -0.4 is 0 Å². The van der Waals surface area contributed by atoms with Crippen molar-refractivity contribution in [3.05, 3.63) is 0 Å². The molecule has 0 aromatic heterocycles. The van der Waals surface area contributed by atoms with Gasteiger partial charge in [0.1, 0.15) is 0 Å². The highest BCUT2D eigenvalue weighted by Gasteiger charge is 2.22. The maximum absolute atomic E-state index is 11.8. The first-order valence-corrected chi connectivity index (χ1v) is 6.22. The quantitative estimate of drug-likeness (QED) is 0.688. The average Bonchev–Trinajstić information content (AvgIpc) is 2.42. The Bertz CT molecular complexity index is 303. The van der Waals surface area contributed by atoms with Crippen LogP contribution in [0, 0.1) is 11.3 Å². The number of morpholine rings is 1. The van der Waals surface area contributed by atoms with Gasteiger partial charge in [0.25, 0.3) is 0 Å². The van der Waals surface area contributed by atoms with Crippen LogP contribution >= 0.6 is 0 Å². The monoisotopic (exact) mass is 255 g/mol. The zero-order valence-corrected chi connectivity index (χ0v) is 10.8.